The zero-order valence-electron chi connectivity index (χ0n) is 10.4. The normalized spacial score (nSPS) is 36.4. The van der Waals surface area contributed by atoms with Gasteiger partial charge in [-0.25, -0.2) is 0 Å². The largest absolute Gasteiger partial charge is 0.348 e. The average Bonchev–Trinajstić information content (AvgIpc) is 2.74. The minimum absolute atomic E-state index is 0.126. The molecule has 3 atom stereocenters. The van der Waals surface area contributed by atoms with E-state index in [9.17, 15) is 0 Å². The molecule has 0 saturated carbocycles. The lowest BCUT2D eigenvalue weighted by atomic mass is 9.81. The van der Waals surface area contributed by atoms with E-state index < -0.39 is 0 Å². The summed E-state index contributed by atoms with van der Waals surface area (Å²) >= 11 is 0. The third-order valence-electron chi connectivity index (χ3n) is 4.06. The Morgan fingerprint density at radius 1 is 1.24 bits per heavy atom. The zero-order valence-corrected chi connectivity index (χ0v) is 10.4. The molecule has 92 valence electrons. The Hall–Kier alpha value is -0.900. The molecule has 0 aliphatic carbocycles. The molecular weight excluding hydrogens is 214 g/mol. The highest BCUT2D eigenvalue weighted by Crippen LogP contribution is 2.44. The van der Waals surface area contributed by atoms with Gasteiger partial charge in [0.15, 0.2) is 6.29 Å². The first-order chi connectivity index (χ1) is 8.23. The highest BCUT2D eigenvalue weighted by molar-refractivity contribution is 5.27. The molecule has 0 N–H and O–H groups in total. The van der Waals surface area contributed by atoms with Gasteiger partial charge in [-0.2, -0.15) is 0 Å². The Kier molecular flexibility index (Phi) is 2.69. The maximum Gasteiger partial charge on any atom is 0.180 e. The van der Waals surface area contributed by atoms with Gasteiger partial charge < -0.3 is 9.47 Å². The zero-order chi connectivity index (χ0) is 11.9. The lowest BCUT2D eigenvalue weighted by molar-refractivity contribution is -0.179. The van der Waals surface area contributed by atoms with Crippen LogP contribution in [0.25, 0.3) is 0 Å². The van der Waals surface area contributed by atoms with Crippen molar-refractivity contribution in [1.82, 2.24) is 4.90 Å². The van der Waals surface area contributed by atoms with Gasteiger partial charge in [-0.3, -0.25) is 4.90 Å². The van der Waals surface area contributed by atoms with Crippen molar-refractivity contribution in [3.05, 3.63) is 35.9 Å². The molecule has 0 radical (unpaired) electrons. The number of nitrogens with zero attached hydrogens (tertiary/aromatic N) is 1. The highest BCUT2D eigenvalue weighted by atomic mass is 16.7. The van der Waals surface area contributed by atoms with Gasteiger partial charge in [0.05, 0.1) is 18.2 Å². The van der Waals surface area contributed by atoms with Gasteiger partial charge in [0, 0.05) is 0 Å². The quantitative estimate of drug-likeness (QED) is 0.779. The number of benzene rings is 1. The van der Waals surface area contributed by atoms with Crippen LogP contribution in [0.3, 0.4) is 0 Å². The van der Waals surface area contributed by atoms with Gasteiger partial charge in [0.25, 0.3) is 0 Å². The lowest BCUT2D eigenvalue weighted by Crippen LogP contribution is -2.53. The SMILES string of the molecule is CN(C)[C@@]1(c2ccccc2)CC[C@H]2CO[C@@H]1O2. The standard InChI is InChI=1S/C14H19NO2/c1-15(2)14(11-6-4-3-5-7-11)9-8-12-10-16-13(14)17-12/h3-7,12-13H,8-10H2,1-2H3/t12-,13+,14+/m0/s1. The summed E-state index contributed by atoms with van der Waals surface area (Å²) in [4.78, 5) is 2.24. The first-order valence-corrected chi connectivity index (χ1v) is 6.23. The topological polar surface area (TPSA) is 21.7 Å². The lowest BCUT2D eigenvalue weighted by Gasteiger charge is -2.46. The molecule has 17 heavy (non-hydrogen) atoms. The maximum atomic E-state index is 5.97. The number of hydrogen-bond acceptors (Lipinski definition) is 3. The van der Waals surface area contributed by atoms with E-state index in [0.29, 0.717) is 6.10 Å². The Labute approximate surface area is 102 Å². The first-order valence-electron chi connectivity index (χ1n) is 6.23. The molecular formula is C14H19NO2. The molecule has 1 aromatic rings. The second-order valence-electron chi connectivity index (χ2n) is 5.15. The van der Waals surface area contributed by atoms with E-state index >= 15 is 0 Å². The molecule has 2 aliphatic rings. The Bertz CT molecular complexity index is 392. The predicted molar refractivity (Wildman–Crippen MR) is 65.7 cm³/mol. The van der Waals surface area contributed by atoms with Crippen molar-refractivity contribution in [2.45, 2.75) is 30.8 Å². The van der Waals surface area contributed by atoms with Crippen molar-refractivity contribution in [2.24, 2.45) is 0 Å². The second kappa shape index (κ2) is 4.09. The smallest absolute Gasteiger partial charge is 0.180 e. The van der Waals surface area contributed by atoms with Gasteiger partial charge in [0.1, 0.15) is 0 Å². The van der Waals surface area contributed by atoms with Crippen LogP contribution in [0, 0.1) is 0 Å². The third kappa shape index (κ3) is 1.61. The molecule has 3 nitrogen and oxygen atoms in total. The van der Waals surface area contributed by atoms with E-state index in [1.165, 1.54) is 5.56 Å². The van der Waals surface area contributed by atoms with Crippen molar-refractivity contribution < 1.29 is 9.47 Å². The number of fused-ring (bicyclic) bond motifs is 2. The van der Waals surface area contributed by atoms with E-state index in [0.717, 1.165) is 19.4 Å². The molecule has 0 spiro atoms. The summed E-state index contributed by atoms with van der Waals surface area (Å²) < 4.78 is 11.8. The second-order valence-corrected chi connectivity index (χ2v) is 5.15. The number of hydrogen-bond donors (Lipinski definition) is 0. The Morgan fingerprint density at radius 2 is 2.00 bits per heavy atom. The van der Waals surface area contributed by atoms with Crippen LogP contribution >= 0.6 is 0 Å². The monoisotopic (exact) mass is 233 g/mol. The third-order valence-corrected chi connectivity index (χ3v) is 4.06. The molecule has 2 bridgehead atoms. The fourth-order valence-electron chi connectivity index (χ4n) is 3.05. The Balaban J connectivity index is 2.04. The first kappa shape index (κ1) is 11.2. The van der Waals surface area contributed by atoms with Crippen LogP contribution < -0.4 is 0 Å². The molecule has 0 unspecified atom stereocenters. The molecule has 2 saturated heterocycles. The number of likely N-dealkylation sites (N-methyl/N-ethyl adjacent to an activating group) is 1. The summed E-state index contributed by atoms with van der Waals surface area (Å²) in [5, 5.41) is 0. The minimum atomic E-state index is -0.131. The predicted octanol–water partition coefficient (Wildman–Crippen LogP) is 1.98. The van der Waals surface area contributed by atoms with Crippen LogP contribution in [0.1, 0.15) is 18.4 Å². The summed E-state index contributed by atoms with van der Waals surface area (Å²) in [5.41, 5.74) is 1.16. The van der Waals surface area contributed by atoms with Crippen molar-refractivity contribution in [3.8, 4) is 0 Å². The molecule has 2 fully saturated rings. The fraction of sp³-hybridized carbons (Fsp3) is 0.571. The number of rotatable bonds is 2. The van der Waals surface area contributed by atoms with Crippen molar-refractivity contribution in [2.75, 3.05) is 20.7 Å². The highest BCUT2D eigenvalue weighted by Gasteiger charge is 2.51. The van der Waals surface area contributed by atoms with Crippen molar-refractivity contribution in [3.63, 3.8) is 0 Å². The van der Waals surface area contributed by atoms with E-state index in [-0.39, 0.29) is 11.8 Å². The molecule has 0 aromatic heterocycles. The van der Waals surface area contributed by atoms with Crippen molar-refractivity contribution in [1.29, 1.82) is 0 Å². The fourth-order valence-corrected chi connectivity index (χ4v) is 3.05. The summed E-state index contributed by atoms with van der Waals surface area (Å²) in [6.45, 7) is 0.743. The molecule has 2 aliphatic heterocycles. The minimum Gasteiger partial charge on any atom is -0.348 e. The molecule has 3 heteroatoms. The van der Waals surface area contributed by atoms with Gasteiger partial charge in [-0.05, 0) is 32.5 Å². The number of ether oxygens (including phenoxy) is 2. The van der Waals surface area contributed by atoms with E-state index in [4.69, 9.17) is 9.47 Å². The van der Waals surface area contributed by atoms with Gasteiger partial charge in [0.2, 0.25) is 0 Å². The van der Waals surface area contributed by atoms with Crippen LogP contribution in [0.4, 0.5) is 0 Å². The van der Waals surface area contributed by atoms with Crippen LogP contribution in [0.2, 0.25) is 0 Å². The Morgan fingerprint density at radius 3 is 2.71 bits per heavy atom. The molecule has 1 aromatic carbocycles. The summed E-state index contributed by atoms with van der Waals surface area (Å²) in [5.74, 6) is 0. The van der Waals surface area contributed by atoms with Crippen LogP contribution in [0.15, 0.2) is 30.3 Å². The van der Waals surface area contributed by atoms with Crippen LogP contribution in [-0.4, -0.2) is 38.0 Å². The van der Waals surface area contributed by atoms with Crippen molar-refractivity contribution >= 4 is 0 Å². The summed E-state index contributed by atoms with van der Waals surface area (Å²) in [6.07, 6.45) is 2.35. The molecule has 0 amide bonds. The van der Waals surface area contributed by atoms with Crippen LogP contribution in [-0.2, 0) is 15.0 Å². The summed E-state index contributed by atoms with van der Waals surface area (Å²) in [7, 11) is 4.22. The molecule has 2 heterocycles. The molecule has 3 rings (SSSR count). The maximum absolute atomic E-state index is 5.97. The van der Waals surface area contributed by atoms with E-state index in [1.807, 2.05) is 0 Å². The van der Waals surface area contributed by atoms with Gasteiger partial charge >= 0.3 is 0 Å². The summed E-state index contributed by atoms with van der Waals surface area (Å²) in [6, 6.07) is 10.6. The van der Waals surface area contributed by atoms with E-state index in [2.05, 4.69) is 49.3 Å². The van der Waals surface area contributed by atoms with Crippen LogP contribution in [0.5, 0.6) is 0 Å². The van der Waals surface area contributed by atoms with Gasteiger partial charge in [-0.1, -0.05) is 30.3 Å². The average molecular weight is 233 g/mol. The van der Waals surface area contributed by atoms with E-state index in [1.54, 1.807) is 0 Å². The van der Waals surface area contributed by atoms with Gasteiger partial charge in [-0.15, -0.1) is 0 Å².